The molecule has 2 amide bonds. The number of piperazine rings is 1. The number of pyridine rings is 1. The third-order valence-electron chi connectivity index (χ3n) is 5.41. The third-order valence-corrected chi connectivity index (χ3v) is 5.72. The summed E-state index contributed by atoms with van der Waals surface area (Å²) >= 11 is 6.07. The molecule has 1 fully saturated rings. The van der Waals surface area contributed by atoms with E-state index in [4.69, 9.17) is 11.6 Å². The Bertz CT molecular complexity index is 1200. The Balaban J connectivity index is 1.47. The SMILES string of the molecule is O=C(Nc1ccccc1C(=O)N1CCN(c2ccncc2)CC1)c1ccc([N+](=O)[O-])cc1Cl. The van der Waals surface area contributed by atoms with Gasteiger partial charge in [0.25, 0.3) is 17.5 Å². The molecule has 4 rings (SSSR count). The summed E-state index contributed by atoms with van der Waals surface area (Å²) in [6, 6.07) is 14.2. The van der Waals surface area contributed by atoms with Crippen LogP contribution < -0.4 is 10.2 Å². The van der Waals surface area contributed by atoms with Crippen LogP contribution in [0.1, 0.15) is 20.7 Å². The van der Waals surface area contributed by atoms with Crippen LogP contribution in [0.2, 0.25) is 5.02 Å². The predicted octanol–water partition coefficient (Wildman–Crippen LogP) is 3.86. The number of carbonyl (C=O) groups excluding carboxylic acids is 2. The van der Waals surface area contributed by atoms with E-state index in [9.17, 15) is 19.7 Å². The van der Waals surface area contributed by atoms with Gasteiger partial charge in [0.2, 0.25) is 0 Å². The second-order valence-corrected chi connectivity index (χ2v) is 7.81. The van der Waals surface area contributed by atoms with Crippen LogP contribution in [0.4, 0.5) is 17.1 Å². The van der Waals surface area contributed by atoms with Gasteiger partial charge in [-0.05, 0) is 30.3 Å². The number of anilines is 2. The minimum atomic E-state index is -0.587. The van der Waals surface area contributed by atoms with Crippen molar-refractivity contribution in [3.8, 4) is 0 Å². The lowest BCUT2D eigenvalue weighted by molar-refractivity contribution is -0.384. The molecule has 33 heavy (non-hydrogen) atoms. The van der Waals surface area contributed by atoms with Crippen molar-refractivity contribution in [2.45, 2.75) is 0 Å². The summed E-state index contributed by atoms with van der Waals surface area (Å²) in [6.45, 7) is 2.45. The fourth-order valence-electron chi connectivity index (χ4n) is 3.66. The monoisotopic (exact) mass is 465 g/mol. The maximum Gasteiger partial charge on any atom is 0.270 e. The number of non-ortho nitro benzene ring substituents is 1. The molecule has 9 nitrogen and oxygen atoms in total. The van der Waals surface area contributed by atoms with Gasteiger partial charge >= 0.3 is 0 Å². The molecule has 0 atom stereocenters. The first kappa shape index (κ1) is 22.2. The number of nitrogens with one attached hydrogen (secondary N) is 1. The average molecular weight is 466 g/mol. The molecule has 3 aromatic rings. The van der Waals surface area contributed by atoms with E-state index in [1.165, 1.54) is 12.1 Å². The third kappa shape index (κ3) is 4.93. The highest BCUT2D eigenvalue weighted by Gasteiger charge is 2.25. The summed E-state index contributed by atoms with van der Waals surface area (Å²) in [6.07, 6.45) is 3.48. The predicted molar refractivity (Wildman–Crippen MR) is 125 cm³/mol. The lowest BCUT2D eigenvalue weighted by Gasteiger charge is -2.36. The second-order valence-electron chi connectivity index (χ2n) is 7.41. The number of amides is 2. The number of nitro benzene ring substituents is 1. The highest BCUT2D eigenvalue weighted by atomic mass is 35.5. The van der Waals surface area contributed by atoms with Crippen molar-refractivity contribution in [3.63, 3.8) is 0 Å². The molecule has 168 valence electrons. The number of benzene rings is 2. The van der Waals surface area contributed by atoms with Crippen molar-refractivity contribution in [2.24, 2.45) is 0 Å². The summed E-state index contributed by atoms with van der Waals surface area (Å²) in [5.41, 5.74) is 1.64. The molecule has 2 heterocycles. The Morgan fingerprint density at radius 2 is 1.67 bits per heavy atom. The van der Waals surface area contributed by atoms with Gasteiger partial charge in [-0.25, -0.2) is 0 Å². The van der Waals surface area contributed by atoms with Crippen molar-refractivity contribution in [2.75, 3.05) is 36.4 Å². The van der Waals surface area contributed by atoms with Gasteiger partial charge < -0.3 is 15.1 Å². The second kappa shape index (κ2) is 9.66. The van der Waals surface area contributed by atoms with Gasteiger partial charge in [-0.1, -0.05) is 23.7 Å². The number of carbonyl (C=O) groups is 2. The van der Waals surface area contributed by atoms with E-state index >= 15 is 0 Å². The van der Waals surface area contributed by atoms with E-state index < -0.39 is 10.8 Å². The van der Waals surface area contributed by atoms with Crippen LogP contribution in [0.15, 0.2) is 67.0 Å². The molecule has 1 N–H and O–H groups in total. The fourth-order valence-corrected chi connectivity index (χ4v) is 3.92. The average Bonchev–Trinajstić information content (AvgIpc) is 2.84. The van der Waals surface area contributed by atoms with Gasteiger partial charge in [0, 0.05) is 56.4 Å². The molecular weight excluding hydrogens is 446 g/mol. The fraction of sp³-hybridized carbons (Fsp3) is 0.174. The number of halogens is 1. The molecule has 0 spiro atoms. The zero-order valence-electron chi connectivity index (χ0n) is 17.5. The van der Waals surface area contributed by atoms with Gasteiger partial charge in [-0.2, -0.15) is 0 Å². The topological polar surface area (TPSA) is 109 Å². The maximum atomic E-state index is 13.2. The molecule has 0 radical (unpaired) electrons. The minimum Gasteiger partial charge on any atom is -0.368 e. The van der Waals surface area contributed by atoms with Crippen LogP contribution in [0.5, 0.6) is 0 Å². The molecular formula is C23H20ClN5O4. The number of nitro groups is 1. The molecule has 1 aliphatic heterocycles. The van der Waals surface area contributed by atoms with E-state index in [-0.39, 0.29) is 22.2 Å². The van der Waals surface area contributed by atoms with Crippen molar-refractivity contribution >= 4 is 40.5 Å². The zero-order chi connectivity index (χ0) is 23.4. The highest BCUT2D eigenvalue weighted by Crippen LogP contribution is 2.25. The number of nitrogens with zero attached hydrogens (tertiary/aromatic N) is 4. The first-order valence-corrected chi connectivity index (χ1v) is 10.6. The first-order chi connectivity index (χ1) is 15.9. The van der Waals surface area contributed by atoms with Gasteiger partial charge in [0.1, 0.15) is 0 Å². The van der Waals surface area contributed by atoms with Gasteiger partial charge in [-0.3, -0.25) is 24.7 Å². The molecule has 2 aromatic carbocycles. The van der Waals surface area contributed by atoms with Crippen LogP contribution in [0, 0.1) is 10.1 Å². The molecule has 0 unspecified atom stereocenters. The summed E-state index contributed by atoms with van der Waals surface area (Å²) in [4.78, 5) is 44.3. The molecule has 1 saturated heterocycles. The van der Waals surface area contributed by atoms with E-state index in [0.717, 1.165) is 11.8 Å². The van der Waals surface area contributed by atoms with Gasteiger partial charge in [0.05, 0.1) is 26.8 Å². The van der Waals surface area contributed by atoms with Crippen molar-refractivity contribution in [1.29, 1.82) is 0 Å². The molecule has 0 bridgehead atoms. The van der Waals surface area contributed by atoms with Crippen molar-refractivity contribution in [1.82, 2.24) is 9.88 Å². The molecule has 10 heteroatoms. The van der Waals surface area contributed by atoms with Crippen molar-refractivity contribution in [3.05, 3.63) is 93.3 Å². The van der Waals surface area contributed by atoms with Crippen LogP contribution in [0.25, 0.3) is 0 Å². The summed E-state index contributed by atoms with van der Waals surface area (Å²) in [7, 11) is 0. The number of aromatic nitrogens is 1. The Labute approximate surface area is 194 Å². The first-order valence-electron chi connectivity index (χ1n) is 10.2. The summed E-state index contributed by atoms with van der Waals surface area (Å²) in [5, 5.41) is 13.6. The Hall–Kier alpha value is -3.98. The van der Waals surface area contributed by atoms with E-state index in [0.29, 0.717) is 37.4 Å². The quantitative estimate of drug-likeness (QED) is 0.452. The normalized spacial score (nSPS) is 13.5. The number of hydrogen-bond donors (Lipinski definition) is 1. The zero-order valence-corrected chi connectivity index (χ0v) is 18.2. The van der Waals surface area contributed by atoms with Gasteiger partial charge in [0.15, 0.2) is 0 Å². The summed E-state index contributed by atoms with van der Waals surface area (Å²) in [5.74, 6) is -0.743. The molecule has 1 aliphatic rings. The van der Waals surface area contributed by atoms with Crippen LogP contribution in [-0.4, -0.2) is 52.8 Å². The molecule has 0 saturated carbocycles. The number of para-hydroxylation sites is 1. The minimum absolute atomic E-state index is 0.0438. The number of rotatable bonds is 5. The molecule has 1 aromatic heterocycles. The Morgan fingerprint density at radius 3 is 2.33 bits per heavy atom. The van der Waals surface area contributed by atoms with E-state index in [1.54, 1.807) is 41.6 Å². The van der Waals surface area contributed by atoms with E-state index in [2.05, 4.69) is 15.2 Å². The lowest BCUT2D eigenvalue weighted by atomic mass is 10.1. The highest BCUT2D eigenvalue weighted by molar-refractivity contribution is 6.34. The number of hydrogen-bond acceptors (Lipinski definition) is 6. The van der Waals surface area contributed by atoms with Gasteiger partial charge in [-0.15, -0.1) is 0 Å². The van der Waals surface area contributed by atoms with Crippen LogP contribution in [-0.2, 0) is 0 Å². The summed E-state index contributed by atoms with van der Waals surface area (Å²) < 4.78 is 0. The lowest BCUT2D eigenvalue weighted by Crippen LogP contribution is -2.49. The molecule has 0 aliphatic carbocycles. The van der Waals surface area contributed by atoms with Crippen LogP contribution >= 0.6 is 11.6 Å². The van der Waals surface area contributed by atoms with Crippen molar-refractivity contribution < 1.29 is 14.5 Å². The maximum absolute atomic E-state index is 13.2. The Kier molecular flexibility index (Phi) is 6.50. The Morgan fingerprint density at radius 1 is 0.970 bits per heavy atom. The van der Waals surface area contributed by atoms with Crippen LogP contribution in [0.3, 0.4) is 0 Å². The largest absolute Gasteiger partial charge is 0.368 e. The standard InChI is InChI=1S/C23H20ClN5O4/c24-20-15-17(29(32)33)5-6-18(20)22(30)26-21-4-2-1-3-19(21)23(31)28-13-11-27(12-14-28)16-7-9-25-10-8-16/h1-10,15H,11-14H2,(H,26,30). The van der Waals surface area contributed by atoms with E-state index in [1.807, 2.05) is 12.1 Å². The smallest absolute Gasteiger partial charge is 0.270 e.